The summed E-state index contributed by atoms with van der Waals surface area (Å²) in [6, 6.07) is 10.1. The highest BCUT2D eigenvalue weighted by Crippen LogP contribution is 2.43. The molecule has 18 heteroatoms. The van der Waals surface area contributed by atoms with Crippen LogP contribution in [0.15, 0.2) is 70.3 Å². The van der Waals surface area contributed by atoms with E-state index >= 15 is 0 Å². The number of carbonyl (C=O) groups excluding carboxylic acids is 5. The third kappa shape index (κ3) is 24.6. The standard InChI is InChI=1S/C15H19NO.C12H21NO2.C11H19NO.C10H17NO.C9H14N2O2.C9H17NO3S/c1-15(2,3)10-9-14-16-11-13(17-14)12-7-5-4-6-8-12;1-6-13-9(14)7-12(5,10(13)15)8-11(2,3)4;1-8-6-11(5,9(13)12-8)7-10(2,3)4;1-7-5-8(9(12)11-7)6-10(2,3)4;1-5-10-7(9(2,3)4)6(12)8(13)11-5;1-9(2,3)5-7-6-14(12,13)10(4)8(7)11/h4-8,11H,9-10H2,1-3H3;6-8H2,1-5H3;1,6-7H2,2-5H3,(H,12,13);8H,1,5-6H2,2-4H3,(H,11,12);12H,1-4H3,(H,10,11,13);7H,5-6H2,1-4H3. The number of aromatic amines is 1. The lowest BCUT2D eigenvalue weighted by atomic mass is 9.74. The summed E-state index contributed by atoms with van der Waals surface area (Å²) in [6.07, 6.45) is 9.00. The van der Waals surface area contributed by atoms with Crippen LogP contribution in [0.2, 0.25) is 0 Å². The van der Waals surface area contributed by atoms with E-state index in [-0.39, 0.29) is 85.4 Å². The topological polar surface area (TPSA) is 242 Å². The fourth-order valence-electron chi connectivity index (χ4n) is 10.9. The molecule has 0 saturated carbocycles. The molecule has 472 valence electrons. The number of amides is 5. The number of likely N-dealkylation sites (tertiary alicyclic amines) is 1. The van der Waals surface area contributed by atoms with Crippen LogP contribution in [0.5, 0.6) is 5.75 Å². The summed E-state index contributed by atoms with van der Waals surface area (Å²) >= 11 is 0. The van der Waals surface area contributed by atoms with E-state index in [2.05, 4.69) is 122 Å². The molecule has 1 aromatic carbocycles. The molecule has 4 atom stereocenters. The van der Waals surface area contributed by atoms with Crippen molar-refractivity contribution in [1.29, 1.82) is 0 Å². The molecule has 4 aliphatic heterocycles. The fraction of sp³-hybridized carbons (Fsp3) is 0.667. The Morgan fingerprint density at radius 3 is 1.65 bits per heavy atom. The second-order valence-electron chi connectivity index (χ2n) is 30.9. The average Bonchev–Trinajstić information content (AvgIpc) is 4.19. The zero-order chi connectivity index (χ0) is 65.2. The molecule has 84 heavy (non-hydrogen) atoms. The lowest BCUT2D eigenvalue weighted by Gasteiger charge is -2.29. The molecule has 0 bridgehead atoms. The number of nitrogens with zero attached hydrogens (tertiary/aromatic N) is 4. The number of hydrogen-bond acceptors (Lipinski definition) is 12. The van der Waals surface area contributed by atoms with E-state index in [1.165, 1.54) is 11.9 Å². The maximum absolute atomic E-state index is 12.1. The average molecular weight is 1190 g/mol. The molecular weight excluding hydrogens is 1080 g/mol. The molecule has 0 radical (unpaired) electrons. The van der Waals surface area contributed by atoms with Crippen LogP contribution in [0.4, 0.5) is 0 Å². The van der Waals surface area contributed by atoms with Crippen molar-refractivity contribution in [2.75, 3.05) is 19.3 Å². The van der Waals surface area contributed by atoms with Crippen molar-refractivity contribution in [3.8, 4) is 17.1 Å². The van der Waals surface area contributed by atoms with Gasteiger partial charge in [0.25, 0.3) is 5.56 Å². The van der Waals surface area contributed by atoms with Gasteiger partial charge in [-0.25, -0.2) is 22.7 Å². The number of aryl methyl sites for hydroxylation is 2. The number of imide groups is 1. The summed E-state index contributed by atoms with van der Waals surface area (Å²) in [4.78, 5) is 81.5. The Morgan fingerprint density at radius 1 is 0.726 bits per heavy atom. The molecular formula is C66H107N7O10S. The summed E-state index contributed by atoms with van der Waals surface area (Å²) in [5, 5.41) is 15.0. The molecule has 3 aromatic rings. The van der Waals surface area contributed by atoms with Gasteiger partial charge < -0.3 is 25.1 Å². The van der Waals surface area contributed by atoms with Gasteiger partial charge >= 0.3 is 0 Å². The molecule has 0 aliphatic carbocycles. The smallest absolute Gasteiger partial charge is 0.293 e. The summed E-state index contributed by atoms with van der Waals surface area (Å²) in [7, 11) is -1.98. The van der Waals surface area contributed by atoms with Crippen LogP contribution in [0, 0.1) is 56.7 Å². The highest BCUT2D eigenvalue weighted by atomic mass is 32.2. The zero-order valence-electron chi connectivity index (χ0n) is 55.6. The molecule has 7 rings (SSSR count). The number of sulfonamides is 1. The Kier molecular flexibility index (Phi) is 25.2. The van der Waals surface area contributed by atoms with Gasteiger partial charge in [-0.2, -0.15) is 0 Å². The van der Waals surface area contributed by atoms with Gasteiger partial charge in [0.1, 0.15) is 5.82 Å². The summed E-state index contributed by atoms with van der Waals surface area (Å²) in [6.45, 7) is 53.2. The van der Waals surface area contributed by atoms with Crippen molar-refractivity contribution in [2.24, 2.45) is 49.7 Å². The van der Waals surface area contributed by atoms with Gasteiger partial charge in [-0.15, -0.1) is 0 Å². The van der Waals surface area contributed by atoms with Crippen molar-refractivity contribution in [3.05, 3.63) is 88.8 Å². The number of rotatable bonds is 8. The second kappa shape index (κ2) is 28.5. The molecule has 4 fully saturated rings. The molecule has 4 aliphatic rings. The van der Waals surface area contributed by atoms with Gasteiger partial charge in [-0.1, -0.05) is 182 Å². The summed E-state index contributed by atoms with van der Waals surface area (Å²) in [5.74, 6) is 1.70. The maximum atomic E-state index is 12.1. The minimum Gasteiger partial charge on any atom is -0.502 e. The molecule has 0 spiro atoms. The number of benzene rings is 1. The first-order chi connectivity index (χ1) is 37.8. The lowest BCUT2D eigenvalue weighted by molar-refractivity contribution is -0.141. The van der Waals surface area contributed by atoms with Gasteiger partial charge in [0.05, 0.1) is 34.4 Å². The summed E-state index contributed by atoms with van der Waals surface area (Å²) < 4.78 is 29.4. The maximum Gasteiger partial charge on any atom is 0.293 e. The highest BCUT2D eigenvalue weighted by Gasteiger charge is 2.49. The van der Waals surface area contributed by atoms with E-state index in [4.69, 9.17) is 4.42 Å². The highest BCUT2D eigenvalue weighted by molar-refractivity contribution is 7.90. The fourth-order valence-corrected chi connectivity index (χ4v) is 12.3. The number of nitrogens with one attached hydrogen (secondary N) is 3. The minimum absolute atomic E-state index is 0.00456. The van der Waals surface area contributed by atoms with Gasteiger partial charge in [-0.05, 0) is 79.4 Å². The molecule has 4 saturated heterocycles. The van der Waals surface area contributed by atoms with Gasteiger partial charge in [0.15, 0.2) is 11.7 Å². The van der Waals surface area contributed by atoms with Crippen molar-refractivity contribution in [1.82, 2.24) is 34.8 Å². The van der Waals surface area contributed by atoms with Crippen LogP contribution in [0.25, 0.3) is 11.3 Å². The van der Waals surface area contributed by atoms with Crippen molar-refractivity contribution in [3.63, 3.8) is 0 Å². The van der Waals surface area contributed by atoms with Crippen molar-refractivity contribution in [2.45, 2.75) is 216 Å². The van der Waals surface area contributed by atoms with Crippen LogP contribution in [-0.2, 0) is 45.8 Å². The number of carbonyl (C=O) groups is 5. The third-order valence-electron chi connectivity index (χ3n) is 14.0. The second-order valence-corrected chi connectivity index (χ2v) is 32.9. The Morgan fingerprint density at radius 2 is 1.25 bits per heavy atom. The zero-order valence-corrected chi connectivity index (χ0v) is 56.4. The molecule has 17 nitrogen and oxygen atoms in total. The minimum atomic E-state index is -3.31. The lowest BCUT2D eigenvalue weighted by Crippen LogP contribution is -2.35. The van der Waals surface area contributed by atoms with E-state index in [0.717, 1.165) is 77.9 Å². The Labute approximate surface area is 504 Å². The van der Waals surface area contributed by atoms with Gasteiger partial charge in [0, 0.05) is 61.1 Å². The normalized spacial score (nSPS) is 21.6. The van der Waals surface area contributed by atoms with E-state index < -0.39 is 21.0 Å². The van der Waals surface area contributed by atoms with Crippen molar-refractivity contribution < 1.29 is 41.9 Å². The number of oxazole rings is 1. The monoisotopic (exact) mass is 1190 g/mol. The number of H-pyrrole nitrogens is 1. The third-order valence-corrected chi connectivity index (χ3v) is 15.8. The number of aromatic nitrogens is 3. The Hall–Kier alpha value is -5.91. The van der Waals surface area contributed by atoms with E-state index in [0.29, 0.717) is 36.3 Å². The Bertz CT molecular complexity index is 2950. The predicted molar refractivity (Wildman–Crippen MR) is 337 cm³/mol. The van der Waals surface area contributed by atoms with Crippen LogP contribution < -0.4 is 16.2 Å². The van der Waals surface area contributed by atoms with E-state index in [1.54, 1.807) is 6.92 Å². The summed E-state index contributed by atoms with van der Waals surface area (Å²) in [5.41, 5.74) is 2.54. The van der Waals surface area contributed by atoms with Gasteiger partial charge in [0.2, 0.25) is 45.3 Å². The number of aromatic hydroxyl groups is 1. The van der Waals surface area contributed by atoms with E-state index in [9.17, 15) is 42.3 Å². The largest absolute Gasteiger partial charge is 0.502 e. The van der Waals surface area contributed by atoms with Crippen LogP contribution in [0.3, 0.4) is 0 Å². The van der Waals surface area contributed by atoms with E-state index in [1.807, 2.05) is 98.8 Å². The predicted octanol–water partition coefficient (Wildman–Crippen LogP) is 13.0. The molecule has 6 heterocycles. The first-order valence-corrected chi connectivity index (χ1v) is 31.1. The van der Waals surface area contributed by atoms with Crippen molar-refractivity contribution >= 4 is 39.6 Å². The molecule has 5 amide bonds. The number of hydrogen-bond donors (Lipinski definition) is 4. The molecule has 4 N–H and O–H groups in total. The SMILES string of the molecule is C=C1CC(C)(CC(C)(C)C)C(=O)N1.C=C1CC(CC(C)(C)C)C(=O)N1.CC(C)(C)CCc1ncc(-c2ccccc2)o1.CCN1C(=O)CC(C)(CC(C)(C)C)C1=O.CN1C(=O)C(CC(C)(C)C)CS1(=O)=O.Cc1nc(C(C)(C)C)c(O)c(=O)[nH]1. The molecule has 2 aromatic heterocycles. The van der Waals surface area contributed by atoms with Crippen LogP contribution in [-0.4, -0.2) is 86.6 Å². The Balaban J connectivity index is 0.000000345. The number of allylic oxidation sites excluding steroid dienone is 2. The van der Waals surface area contributed by atoms with Crippen LogP contribution >= 0.6 is 0 Å². The molecule has 4 unspecified atom stereocenters. The quantitative estimate of drug-likeness (QED) is 0.154. The van der Waals surface area contributed by atoms with Gasteiger partial charge in [-0.3, -0.25) is 33.7 Å². The van der Waals surface area contributed by atoms with Crippen LogP contribution in [0.1, 0.15) is 214 Å². The first kappa shape index (κ1) is 74.2. The first-order valence-electron chi connectivity index (χ1n) is 29.4.